The minimum absolute atomic E-state index is 0.167. The predicted octanol–water partition coefficient (Wildman–Crippen LogP) is 0.808. The van der Waals surface area contributed by atoms with Gasteiger partial charge in [-0.3, -0.25) is 29.9 Å². The summed E-state index contributed by atoms with van der Waals surface area (Å²) in [5.41, 5.74) is -1.33. The lowest BCUT2D eigenvalue weighted by Crippen LogP contribution is -2.65. The highest BCUT2D eigenvalue weighted by molar-refractivity contribution is 6.00. The number of carboxylic acid groups (broad SMARTS) is 1. The van der Waals surface area contributed by atoms with Crippen LogP contribution in [0.2, 0.25) is 0 Å². The fraction of sp³-hybridized carbons (Fsp3) is 0.688. The smallest absolute Gasteiger partial charge is 0.317 e. The topological polar surface area (TPSA) is 98.7 Å². The van der Waals surface area contributed by atoms with E-state index in [2.05, 4.69) is 17.2 Å². The van der Waals surface area contributed by atoms with E-state index in [-0.39, 0.29) is 25.3 Å². The molecule has 0 aromatic rings. The number of carboxylic acids is 1. The second kappa shape index (κ2) is 8.34. The van der Waals surface area contributed by atoms with Crippen molar-refractivity contribution in [1.82, 2.24) is 15.5 Å². The molecule has 1 heterocycles. The van der Waals surface area contributed by atoms with Gasteiger partial charge in [0, 0.05) is 12.5 Å². The Morgan fingerprint density at radius 1 is 1.58 bits per heavy atom. The summed E-state index contributed by atoms with van der Waals surface area (Å²) in [6.07, 6.45) is 1.12. The van der Waals surface area contributed by atoms with Gasteiger partial charge < -0.3 is 5.11 Å². The molecule has 2 amide bonds. The fourth-order valence-corrected chi connectivity index (χ4v) is 2.85. The maximum absolute atomic E-state index is 14.3. The van der Waals surface area contributed by atoms with Gasteiger partial charge in [-0.05, 0) is 33.2 Å². The van der Waals surface area contributed by atoms with Gasteiger partial charge in [0.25, 0.3) is 0 Å². The first-order chi connectivity index (χ1) is 11.1. The average molecular weight is 343 g/mol. The van der Waals surface area contributed by atoms with Crippen LogP contribution >= 0.6 is 0 Å². The van der Waals surface area contributed by atoms with Gasteiger partial charge in [-0.25, -0.2) is 4.39 Å². The van der Waals surface area contributed by atoms with Gasteiger partial charge in [-0.15, -0.1) is 0 Å². The van der Waals surface area contributed by atoms with Gasteiger partial charge in [0.05, 0.1) is 18.1 Å². The SMILES string of the molecule is C=C(F)[C@](C)(NC1CCC(=O)NC1=O)C(C)N(CCC)CC(=O)O. The zero-order valence-electron chi connectivity index (χ0n) is 14.4. The standard InChI is InChI=1S/C16H26FN3O4/c1-5-8-20(9-14(22)23)11(3)16(4,10(2)17)19-12-6-7-13(21)18-15(12)24/h11-12,19H,2,5-9H2,1,3-4H3,(H,22,23)(H,18,21,24)/t11?,12?,16-/m0/s1. The third-order valence-electron chi connectivity index (χ3n) is 4.51. The largest absolute Gasteiger partial charge is 0.480 e. The highest BCUT2D eigenvalue weighted by atomic mass is 19.1. The normalized spacial score (nSPS) is 22.0. The molecular formula is C16H26FN3O4. The lowest BCUT2D eigenvalue weighted by Gasteiger charge is -2.43. The van der Waals surface area contributed by atoms with Gasteiger partial charge >= 0.3 is 5.97 Å². The number of hydrogen-bond acceptors (Lipinski definition) is 5. The van der Waals surface area contributed by atoms with Crippen molar-refractivity contribution >= 4 is 17.8 Å². The number of halogens is 1. The monoisotopic (exact) mass is 343 g/mol. The van der Waals surface area contributed by atoms with E-state index < -0.39 is 35.3 Å². The molecule has 2 unspecified atom stereocenters. The molecule has 1 saturated heterocycles. The highest BCUT2D eigenvalue weighted by Gasteiger charge is 2.42. The second-order valence-electron chi connectivity index (χ2n) is 6.30. The predicted molar refractivity (Wildman–Crippen MR) is 86.9 cm³/mol. The number of imide groups is 1. The van der Waals surface area contributed by atoms with E-state index in [1.54, 1.807) is 18.7 Å². The molecule has 0 radical (unpaired) electrons. The van der Waals surface area contributed by atoms with Crippen LogP contribution in [0.1, 0.15) is 40.0 Å². The van der Waals surface area contributed by atoms with Crippen molar-refractivity contribution in [3.8, 4) is 0 Å². The Morgan fingerprint density at radius 2 is 2.21 bits per heavy atom. The first kappa shape index (κ1) is 20.2. The third-order valence-corrected chi connectivity index (χ3v) is 4.51. The maximum Gasteiger partial charge on any atom is 0.317 e. The summed E-state index contributed by atoms with van der Waals surface area (Å²) in [5.74, 6) is -2.56. The van der Waals surface area contributed by atoms with Gasteiger partial charge in [0.2, 0.25) is 11.8 Å². The van der Waals surface area contributed by atoms with Gasteiger partial charge in [0.15, 0.2) is 0 Å². The number of piperidine rings is 1. The average Bonchev–Trinajstić information content (AvgIpc) is 2.48. The van der Waals surface area contributed by atoms with Crippen LogP contribution in [0.3, 0.4) is 0 Å². The van der Waals surface area contributed by atoms with Crippen LogP contribution in [0.25, 0.3) is 0 Å². The van der Waals surface area contributed by atoms with Gasteiger partial charge in [0.1, 0.15) is 5.83 Å². The van der Waals surface area contributed by atoms with Crippen LogP contribution in [0.4, 0.5) is 4.39 Å². The van der Waals surface area contributed by atoms with Crippen LogP contribution in [0.15, 0.2) is 12.4 Å². The molecule has 0 spiro atoms. The van der Waals surface area contributed by atoms with Gasteiger partial charge in [-0.2, -0.15) is 0 Å². The van der Waals surface area contributed by atoms with E-state index in [1.807, 2.05) is 6.92 Å². The zero-order valence-corrected chi connectivity index (χ0v) is 14.4. The summed E-state index contributed by atoms with van der Waals surface area (Å²) >= 11 is 0. The summed E-state index contributed by atoms with van der Waals surface area (Å²) in [5, 5.41) is 14.2. The minimum Gasteiger partial charge on any atom is -0.480 e. The number of carbonyl (C=O) groups excluding carboxylic acids is 2. The number of nitrogens with zero attached hydrogens (tertiary/aromatic N) is 1. The first-order valence-corrected chi connectivity index (χ1v) is 8.04. The van der Waals surface area contributed by atoms with E-state index in [0.717, 1.165) is 0 Å². The molecule has 7 nitrogen and oxygen atoms in total. The lowest BCUT2D eigenvalue weighted by atomic mass is 9.88. The van der Waals surface area contributed by atoms with Crippen molar-refractivity contribution in [1.29, 1.82) is 0 Å². The van der Waals surface area contributed by atoms with Crippen molar-refractivity contribution in [2.75, 3.05) is 13.1 Å². The fourth-order valence-electron chi connectivity index (χ4n) is 2.85. The number of aliphatic carboxylic acids is 1. The Balaban J connectivity index is 2.99. The summed E-state index contributed by atoms with van der Waals surface area (Å²) in [6.45, 7) is 8.74. The zero-order chi connectivity index (χ0) is 18.5. The Bertz CT molecular complexity index is 525. The van der Waals surface area contributed by atoms with Crippen molar-refractivity contribution in [2.24, 2.45) is 0 Å². The van der Waals surface area contributed by atoms with Crippen LogP contribution < -0.4 is 10.6 Å². The molecule has 8 heteroatoms. The van der Waals surface area contributed by atoms with E-state index in [0.29, 0.717) is 13.0 Å². The first-order valence-electron chi connectivity index (χ1n) is 8.04. The third kappa shape index (κ3) is 4.85. The molecular weight excluding hydrogens is 317 g/mol. The molecule has 1 aliphatic heterocycles. The van der Waals surface area contributed by atoms with Crippen LogP contribution in [0.5, 0.6) is 0 Å². The van der Waals surface area contributed by atoms with Crippen LogP contribution in [0, 0.1) is 0 Å². The summed E-state index contributed by atoms with van der Waals surface area (Å²) < 4.78 is 14.3. The minimum atomic E-state index is -1.33. The quantitative estimate of drug-likeness (QED) is 0.536. The molecule has 0 aromatic heterocycles. The molecule has 136 valence electrons. The van der Waals surface area contributed by atoms with E-state index in [1.165, 1.54) is 0 Å². The highest BCUT2D eigenvalue weighted by Crippen LogP contribution is 2.27. The molecule has 3 atom stereocenters. The van der Waals surface area contributed by atoms with E-state index >= 15 is 0 Å². The molecule has 1 rings (SSSR count). The second-order valence-corrected chi connectivity index (χ2v) is 6.30. The number of nitrogens with one attached hydrogen (secondary N) is 2. The molecule has 0 saturated carbocycles. The maximum atomic E-state index is 14.3. The molecule has 3 N–H and O–H groups in total. The van der Waals surface area contributed by atoms with Crippen LogP contribution in [-0.4, -0.2) is 58.5 Å². The van der Waals surface area contributed by atoms with Crippen molar-refractivity contribution in [3.63, 3.8) is 0 Å². The molecule has 0 bridgehead atoms. The Morgan fingerprint density at radius 3 is 2.67 bits per heavy atom. The van der Waals surface area contributed by atoms with Gasteiger partial charge in [-0.1, -0.05) is 13.5 Å². The summed E-state index contributed by atoms with van der Waals surface area (Å²) in [6, 6.07) is -1.30. The Labute approximate surface area is 141 Å². The number of rotatable bonds is 9. The molecule has 0 aliphatic carbocycles. The summed E-state index contributed by atoms with van der Waals surface area (Å²) in [4.78, 5) is 35.9. The lowest BCUT2D eigenvalue weighted by molar-refractivity contribution is -0.140. The summed E-state index contributed by atoms with van der Waals surface area (Å²) in [7, 11) is 0. The Kier molecular flexibility index (Phi) is 7.04. The molecule has 0 aromatic carbocycles. The number of carbonyl (C=O) groups is 3. The van der Waals surface area contributed by atoms with Crippen molar-refractivity contribution in [3.05, 3.63) is 12.4 Å². The van der Waals surface area contributed by atoms with E-state index in [9.17, 15) is 18.8 Å². The Hall–Kier alpha value is -1.80. The van der Waals surface area contributed by atoms with Crippen molar-refractivity contribution in [2.45, 2.75) is 57.7 Å². The number of amides is 2. The number of hydrogen-bond donors (Lipinski definition) is 3. The molecule has 1 fully saturated rings. The van der Waals surface area contributed by atoms with Crippen molar-refractivity contribution < 1.29 is 23.9 Å². The molecule has 1 aliphatic rings. The van der Waals surface area contributed by atoms with E-state index in [4.69, 9.17) is 5.11 Å². The molecule has 24 heavy (non-hydrogen) atoms. The van der Waals surface area contributed by atoms with Crippen LogP contribution in [-0.2, 0) is 14.4 Å².